The SMILES string of the molecule is CC(Nc1ccn(C)n1)C(=O)N(C)Cc1ccccc1. The first kappa shape index (κ1) is 14.1. The van der Waals surface area contributed by atoms with Crippen molar-refractivity contribution in [2.75, 3.05) is 12.4 Å². The number of rotatable bonds is 5. The van der Waals surface area contributed by atoms with Crippen LogP contribution in [0.1, 0.15) is 12.5 Å². The summed E-state index contributed by atoms with van der Waals surface area (Å²) in [6.07, 6.45) is 1.84. The Kier molecular flexibility index (Phi) is 4.40. The number of carbonyl (C=O) groups is 1. The molecule has 0 fully saturated rings. The third-order valence-electron chi connectivity index (χ3n) is 3.09. The van der Waals surface area contributed by atoms with Crippen molar-refractivity contribution in [3.05, 3.63) is 48.2 Å². The molecule has 5 nitrogen and oxygen atoms in total. The molecule has 2 rings (SSSR count). The van der Waals surface area contributed by atoms with Crippen LogP contribution in [0.3, 0.4) is 0 Å². The van der Waals surface area contributed by atoms with Crippen molar-refractivity contribution in [3.63, 3.8) is 0 Å². The first-order valence-electron chi connectivity index (χ1n) is 6.61. The minimum Gasteiger partial charge on any atom is -0.357 e. The maximum absolute atomic E-state index is 12.3. The Hall–Kier alpha value is -2.30. The Labute approximate surface area is 119 Å². The fourth-order valence-electron chi connectivity index (χ4n) is 2.04. The average Bonchev–Trinajstić information content (AvgIpc) is 2.84. The van der Waals surface area contributed by atoms with E-state index in [0.717, 1.165) is 5.56 Å². The van der Waals surface area contributed by atoms with E-state index >= 15 is 0 Å². The lowest BCUT2D eigenvalue weighted by Gasteiger charge is -2.22. The van der Waals surface area contributed by atoms with Gasteiger partial charge in [0.1, 0.15) is 11.9 Å². The van der Waals surface area contributed by atoms with E-state index in [0.29, 0.717) is 12.4 Å². The summed E-state index contributed by atoms with van der Waals surface area (Å²) < 4.78 is 1.70. The van der Waals surface area contributed by atoms with Crippen LogP contribution in [0.4, 0.5) is 5.82 Å². The maximum atomic E-state index is 12.3. The van der Waals surface area contributed by atoms with Gasteiger partial charge in [0.25, 0.3) is 0 Å². The van der Waals surface area contributed by atoms with Crippen LogP contribution in [0.15, 0.2) is 42.6 Å². The maximum Gasteiger partial charge on any atom is 0.244 e. The number of amides is 1. The highest BCUT2D eigenvalue weighted by Crippen LogP contribution is 2.08. The molecule has 0 bridgehead atoms. The predicted molar refractivity (Wildman–Crippen MR) is 79.2 cm³/mol. The smallest absolute Gasteiger partial charge is 0.244 e. The topological polar surface area (TPSA) is 50.2 Å². The van der Waals surface area contributed by atoms with Gasteiger partial charge in [-0.25, -0.2) is 0 Å². The largest absolute Gasteiger partial charge is 0.357 e. The summed E-state index contributed by atoms with van der Waals surface area (Å²) >= 11 is 0. The number of aromatic nitrogens is 2. The molecule has 1 heterocycles. The highest BCUT2D eigenvalue weighted by atomic mass is 16.2. The van der Waals surface area contributed by atoms with E-state index in [9.17, 15) is 4.79 Å². The van der Waals surface area contributed by atoms with E-state index in [1.54, 1.807) is 9.58 Å². The molecule has 1 aromatic heterocycles. The minimum absolute atomic E-state index is 0.0412. The van der Waals surface area contributed by atoms with Crippen LogP contribution in [0.25, 0.3) is 0 Å². The number of likely N-dealkylation sites (N-methyl/N-ethyl adjacent to an activating group) is 1. The zero-order chi connectivity index (χ0) is 14.5. The van der Waals surface area contributed by atoms with Gasteiger partial charge in [0.05, 0.1) is 0 Å². The van der Waals surface area contributed by atoms with Crippen LogP contribution in [-0.4, -0.2) is 33.7 Å². The number of anilines is 1. The average molecular weight is 272 g/mol. The normalized spacial score (nSPS) is 11.9. The van der Waals surface area contributed by atoms with Gasteiger partial charge in [-0.3, -0.25) is 9.48 Å². The number of aryl methyl sites for hydroxylation is 1. The molecule has 0 aliphatic carbocycles. The van der Waals surface area contributed by atoms with Crippen molar-refractivity contribution in [1.82, 2.24) is 14.7 Å². The second kappa shape index (κ2) is 6.23. The van der Waals surface area contributed by atoms with Gasteiger partial charge in [-0.15, -0.1) is 0 Å². The summed E-state index contributed by atoms with van der Waals surface area (Å²) in [7, 11) is 3.66. The van der Waals surface area contributed by atoms with Crippen molar-refractivity contribution in [3.8, 4) is 0 Å². The fourth-order valence-corrected chi connectivity index (χ4v) is 2.04. The summed E-state index contributed by atoms with van der Waals surface area (Å²) in [5.74, 6) is 0.751. The van der Waals surface area contributed by atoms with Gasteiger partial charge in [-0.05, 0) is 12.5 Å². The molecule has 0 aliphatic rings. The van der Waals surface area contributed by atoms with Crippen LogP contribution in [0.2, 0.25) is 0 Å². The minimum atomic E-state index is -0.307. The van der Waals surface area contributed by atoms with Gasteiger partial charge in [-0.1, -0.05) is 30.3 Å². The monoisotopic (exact) mass is 272 g/mol. The lowest BCUT2D eigenvalue weighted by atomic mass is 10.2. The molecule has 1 N–H and O–H groups in total. The molecule has 1 unspecified atom stereocenters. The van der Waals surface area contributed by atoms with Gasteiger partial charge in [-0.2, -0.15) is 5.10 Å². The molecular weight excluding hydrogens is 252 g/mol. The number of hydrogen-bond donors (Lipinski definition) is 1. The zero-order valence-corrected chi connectivity index (χ0v) is 12.1. The first-order valence-corrected chi connectivity index (χ1v) is 6.61. The van der Waals surface area contributed by atoms with Gasteiger partial charge >= 0.3 is 0 Å². The molecule has 0 radical (unpaired) electrons. The second-order valence-corrected chi connectivity index (χ2v) is 4.92. The molecule has 1 amide bonds. The number of hydrogen-bond acceptors (Lipinski definition) is 3. The van der Waals surface area contributed by atoms with Gasteiger partial charge in [0.2, 0.25) is 5.91 Å². The summed E-state index contributed by atoms with van der Waals surface area (Å²) in [5.41, 5.74) is 1.12. The first-order chi connectivity index (χ1) is 9.56. The third-order valence-corrected chi connectivity index (χ3v) is 3.09. The summed E-state index contributed by atoms with van der Waals surface area (Å²) in [4.78, 5) is 14.0. The highest BCUT2D eigenvalue weighted by Gasteiger charge is 2.18. The van der Waals surface area contributed by atoms with Gasteiger partial charge in [0.15, 0.2) is 0 Å². The predicted octanol–water partition coefficient (Wildman–Crippen LogP) is 1.88. The van der Waals surface area contributed by atoms with Crippen LogP contribution >= 0.6 is 0 Å². The van der Waals surface area contributed by atoms with Gasteiger partial charge < -0.3 is 10.2 Å². The summed E-state index contributed by atoms with van der Waals surface area (Å²) in [5, 5.41) is 7.32. The van der Waals surface area contributed by atoms with Crippen LogP contribution in [-0.2, 0) is 18.4 Å². The third kappa shape index (κ3) is 3.60. The molecule has 2 aromatic rings. The van der Waals surface area contributed by atoms with E-state index < -0.39 is 0 Å². The standard InChI is InChI=1S/C15H20N4O/c1-12(16-14-9-10-19(3)17-14)15(20)18(2)11-13-7-5-4-6-8-13/h4-10,12H,11H2,1-3H3,(H,16,17). The Morgan fingerprint density at radius 3 is 2.65 bits per heavy atom. The number of benzene rings is 1. The molecule has 0 saturated heterocycles. The lowest BCUT2D eigenvalue weighted by Crippen LogP contribution is -2.38. The summed E-state index contributed by atoms with van der Waals surface area (Å²) in [6.45, 7) is 2.45. The molecule has 106 valence electrons. The number of nitrogens with one attached hydrogen (secondary N) is 1. The van der Waals surface area contributed by atoms with E-state index in [2.05, 4.69) is 10.4 Å². The van der Waals surface area contributed by atoms with Crippen LogP contribution in [0, 0.1) is 0 Å². The number of nitrogens with zero attached hydrogens (tertiary/aromatic N) is 3. The Bertz CT molecular complexity index is 564. The Morgan fingerprint density at radius 2 is 2.05 bits per heavy atom. The second-order valence-electron chi connectivity index (χ2n) is 4.92. The molecule has 0 aliphatic heterocycles. The molecular formula is C15H20N4O. The van der Waals surface area contributed by atoms with Crippen LogP contribution in [0.5, 0.6) is 0 Å². The van der Waals surface area contributed by atoms with E-state index in [1.807, 2.05) is 63.6 Å². The number of carbonyl (C=O) groups excluding carboxylic acids is 1. The summed E-state index contributed by atoms with van der Waals surface area (Å²) in [6, 6.07) is 11.5. The van der Waals surface area contributed by atoms with Crippen molar-refractivity contribution >= 4 is 11.7 Å². The van der Waals surface area contributed by atoms with Gasteiger partial charge in [0, 0.05) is 32.9 Å². The molecule has 20 heavy (non-hydrogen) atoms. The van der Waals surface area contributed by atoms with Crippen molar-refractivity contribution in [2.45, 2.75) is 19.5 Å². The van der Waals surface area contributed by atoms with Crippen molar-refractivity contribution in [2.24, 2.45) is 7.05 Å². The molecule has 5 heteroatoms. The highest BCUT2D eigenvalue weighted by molar-refractivity contribution is 5.83. The quantitative estimate of drug-likeness (QED) is 0.904. The Balaban J connectivity index is 1.92. The lowest BCUT2D eigenvalue weighted by molar-refractivity contribution is -0.130. The van der Waals surface area contributed by atoms with E-state index in [-0.39, 0.29) is 11.9 Å². The molecule has 0 spiro atoms. The molecule has 1 aromatic carbocycles. The van der Waals surface area contributed by atoms with Crippen molar-refractivity contribution < 1.29 is 4.79 Å². The molecule has 1 atom stereocenters. The van der Waals surface area contributed by atoms with E-state index in [4.69, 9.17) is 0 Å². The van der Waals surface area contributed by atoms with Crippen LogP contribution < -0.4 is 5.32 Å². The van der Waals surface area contributed by atoms with Crippen molar-refractivity contribution in [1.29, 1.82) is 0 Å². The zero-order valence-electron chi connectivity index (χ0n) is 12.1. The van der Waals surface area contributed by atoms with E-state index in [1.165, 1.54) is 0 Å². The Morgan fingerprint density at radius 1 is 1.35 bits per heavy atom. The fraction of sp³-hybridized carbons (Fsp3) is 0.333. The molecule has 0 saturated carbocycles.